The third-order valence-electron chi connectivity index (χ3n) is 3.38. The van der Waals surface area contributed by atoms with E-state index in [4.69, 9.17) is 23.2 Å². The molecule has 2 aromatic carbocycles. The van der Waals surface area contributed by atoms with E-state index >= 15 is 0 Å². The fourth-order valence-electron chi connectivity index (χ4n) is 2.16. The molecule has 0 aliphatic heterocycles. The maximum absolute atomic E-state index is 12.8. The van der Waals surface area contributed by atoms with E-state index in [1.54, 1.807) is 12.1 Å². The van der Waals surface area contributed by atoms with Gasteiger partial charge in [0, 0.05) is 16.4 Å². The summed E-state index contributed by atoms with van der Waals surface area (Å²) in [6.45, 7) is -0.381. The molecule has 10 heteroatoms. The highest BCUT2D eigenvalue weighted by Gasteiger charge is 2.28. The zero-order valence-corrected chi connectivity index (χ0v) is 18.5. The van der Waals surface area contributed by atoms with Gasteiger partial charge < -0.3 is 5.32 Å². The van der Waals surface area contributed by atoms with Crippen molar-refractivity contribution in [2.45, 2.75) is 9.79 Å². The van der Waals surface area contributed by atoms with Gasteiger partial charge in [-0.25, -0.2) is 8.42 Å². The highest BCUT2D eigenvalue weighted by Crippen LogP contribution is 2.34. The Balaban J connectivity index is 2.21. The lowest BCUT2D eigenvalue weighted by molar-refractivity contribution is -0.116. The summed E-state index contributed by atoms with van der Waals surface area (Å²) in [4.78, 5) is 12.9. The van der Waals surface area contributed by atoms with Gasteiger partial charge in [-0.2, -0.15) is 4.31 Å². The highest BCUT2D eigenvalue weighted by molar-refractivity contribution is 9.10. The van der Waals surface area contributed by atoms with Crippen LogP contribution < -0.4 is 5.32 Å². The molecule has 0 heterocycles. The van der Waals surface area contributed by atoms with Gasteiger partial charge in [-0.1, -0.05) is 51.3 Å². The largest absolute Gasteiger partial charge is 0.324 e. The Labute approximate surface area is 175 Å². The molecule has 0 unspecified atom stereocenters. The van der Waals surface area contributed by atoms with Crippen molar-refractivity contribution >= 4 is 72.5 Å². The molecule has 2 rings (SSSR count). The Kier molecular flexibility index (Phi) is 7.41. The number of hydrogen-bond acceptors (Lipinski definition) is 4. The number of amides is 1. The number of carbonyl (C=O) groups is 1. The lowest BCUT2D eigenvalue weighted by Gasteiger charge is -2.19. The van der Waals surface area contributed by atoms with Crippen molar-refractivity contribution in [2.24, 2.45) is 0 Å². The molecule has 0 radical (unpaired) electrons. The molecule has 0 atom stereocenters. The molecule has 1 N–H and O–H groups in total. The number of nitrogens with zero attached hydrogens (tertiary/aromatic N) is 1. The van der Waals surface area contributed by atoms with Gasteiger partial charge in [0.25, 0.3) is 0 Å². The van der Waals surface area contributed by atoms with Crippen molar-refractivity contribution in [3.05, 3.63) is 50.9 Å². The Bertz CT molecular complexity index is 916. The van der Waals surface area contributed by atoms with E-state index in [9.17, 15) is 13.2 Å². The molecule has 0 saturated carbocycles. The molecule has 140 valence electrons. The third-order valence-corrected chi connectivity index (χ3v) is 7.36. The Morgan fingerprint density at radius 1 is 1.23 bits per heavy atom. The second kappa shape index (κ2) is 8.95. The van der Waals surface area contributed by atoms with Crippen LogP contribution in [0, 0.1) is 0 Å². The summed E-state index contributed by atoms with van der Waals surface area (Å²) < 4.78 is 27.0. The number of hydrogen-bond donors (Lipinski definition) is 1. The molecular weight excluding hydrogens is 483 g/mol. The molecule has 2 aromatic rings. The van der Waals surface area contributed by atoms with Crippen LogP contribution in [0.1, 0.15) is 0 Å². The molecule has 0 saturated heterocycles. The number of benzene rings is 2. The van der Waals surface area contributed by atoms with Crippen LogP contribution in [0.25, 0.3) is 0 Å². The quantitative estimate of drug-likeness (QED) is 0.585. The van der Waals surface area contributed by atoms with Crippen LogP contribution in [0.2, 0.25) is 10.0 Å². The van der Waals surface area contributed by atoms with Crippen LogP contribution in [0.5, 0.6) is 0 Å². The first kappa shape index (κ1) is 21.5. The van der Waals surface area contributed by atoms with Gasteiger partial charge in [0.1, 0.15) is 4.90 Å². The van der Waals surface area contributed by atoms with Crippen LogP contribution in [-0.4, -0.2) is 38.5 Å². The van der Waals surface area contributed by atoms with Crippen molar-refractivity contribution in [3.8, 4) is 0 Å². The summed E-state index contributed by atoms with van der Waals surface area (Å²) in [6.07, 6.45) is 1.89. The summed E-state index contributed by atoms with van der Waals surface area (Å²) in [6, 6.07) is 10.1. The smallest absolute Gasteiger partial charge is 0.246 e. The van der Waals surface area contributed by atoms with Gasteiger partial charge in [-0.15, -0.1) is 11.8 Å². The average molecular weight is 498 g/mol. The zero-order chi connectivity index (χ0) is 19.5. The van der Waals surface area contributed by atoms with Gasteiger partial charge in [0.2, 0.25) is 15.9 Å². The van der Waals surface area contributed by atoms with Crippen molar-refractivity contribution in [1.29, 1.82) is 0 Å². The van der Waals surface area contributed by atoms with Crippen LogP contribution in [0.4, 0.5) is 5.69 Å². The molecule has 0 aliphatic rings. The van der Waals surface area contributed by atoms with Crippen molar-refractivity contribution in [2.75, 3.05) is 25.2 Å². The predicted molar refractivity (Wildman–Crippen MR) is 111 cm³/mol. The fourth-order valence-corrected chi connectivity index (χ4v) is 5.71. The Morgan fingerprint density at radius 2 is 1.81 bits per heavy atom. The van der Waals surface area contributed by atoms with E-state index in [1.807, 2.05) is 18.4 Å². The van der Waals surface area contributed by atoms with Crippen molar-refractivity contribution in [1.82, 2.24) is 4.31 Å². The van der Waals surface area contributed by atoms with E-state index in [0.717, 1.165) is 9.20 Å². The summed E-state index contributed by atoms with van der Waals surface area (Å²) >= 11 is 16.8. The molecule has 0 aromatic heterocycles. The van der Waals surface area contributed by atoms with Gasteiger partial charge in [0.05, 0.1) is 22.3 Å². The van der Waals surface area contributed by atoms with E-state index in [1.165, 1.54) is 30.9 Å². The van der Waals surface area contributed by atoms with E-state index in [0.29, 0.717) is 10.2 Å². The summed E-state index contributed by atoms with van der Waals surface area (Å²) in [5, 5.41) is 2.67. The number of nitrogens with one attached hydrogen (secondary N) is 1. The first-order chi connectivity index (χ1) is 12.2. The maximum atomic E-state index is 12.8. The molecule has 0 aliphatic carbocycles. The minimum atomic E-state index is -4.04. The molecule has 0 bridgehead atoms. The normalized spacial score (nSPS) is 11.6. The predicted octanol–water partition coefficient (Wildman–Crippen LogP) is 4.74. The Hall–Kier alpha value is -0.770. The van der Waals surface area contributed by atoms with Crippen LogP contribution in [0.15, 0.2) is 50.7 Å². The molecule has 1 amide bonds. The summed E-state index contributed by atoms with van der Waals surface area (Å²) in [5.41, 5.74) is 0.621. The summed E-state index contributed by atoms with van der Waals surface area (Å²) in [5.74, 6) is -0.470. The van der Waals surface area contributed by atoms with Gasteiger partial charge in [-0.05, 0) is 30.5 Å². The van der Waals surface area contributed by atoms with Crippen molar-refractivity contribution in [3.63, 3.8) is 0 Å². The molecular formula is C16H15BrCl2N2O3S2. The lowest BCUT2D eigenvalue weighted by atomic mass is 10.3. The van der Waals surface area contributed by atoms with E-state index in [-0.39, 0.29) is 21.5 Å². The summed E-state index contributed by atoms with van der Waals surface area (Å²) in [7, 11) is -2.74. The lowest BCUT2D eigenvalue weighted by Crippen LogP contribution is -2.35. The molecule has 5 nitrogen and oxygen atoms in total. The maximum Gasteiger partial charge on any atom is 0.246 e. The van der Waals surface area contributed by atoms with Gasteiger partial charge in [0.15, 0.2) is 0 Å². The monoisotopic (exact) mass is 496 g/mol. The number of thioether (sulfide) groups is 1. The number of halogens is 3. The highest BCUT2D eigenvalue weighted by atomic mass is 79.9. The van der Waals surface area contributed by atoms with Crippen LogP contribution >= 0.6 is 50.9 Å². The first-order valence-corrected chi connectivity index (χ1v) is 11.4. The number of sulfonamides is 1. The number of likely N-dealkylation sites (N-methyl/N-ethyl adjacent to an activating group) is 1. The van der Waals surface area contributed by atoms with Crippen LogP contribution in [-0.2, 0) is 14.8 Å². The second-order valence-electron chi connectivity index (χ2n) is 5.21. The first-order valence-electron chi connectivity index (χ1n) is 7.20. The van der Waals surface area contributed by atoms with E-state index in [2.05, 4.69) is 21.2 Å². The fraction of sp³-hybridized carbons (Fsp3) is 0.188. The minimum Gasteiger partial charge on any atom is -0.324 e. The third kappa shape index (κ3) is 4.94. The second-order valence-corrected chi connectivity index (χ2v) is 9.77. The van der Waals surface area contributed by atoms with Gasteiger partial charge >= 0.3 is 0 Å². The average Bonchev–Trinajstić information content (AvgIpc) is 2.53. The number of rotatable bonds is 6. The van der Waals surface area contributed by atoms with Crippen molar-refractivity contribution < 1.29 is 13.2 Å². The number of anilines is 1. The standard InChI is InChI=1S/C16H15BrCl2N2O3S2/c1-21(9-15(22)20-13-5-3-4-6-14(13)25-2)26(23,24)16-11(18)7-10(17)8-12(16)19/h3-8H,9H2,1-2H3,(H,20,22). The topological polar surface area (TPSA) is 66.5 Å². The molecule has 0 spiro atoms. The Morgan fingerprint density at radius 3 is 2.38 bits per heavy atom. The number of para-hydroxylation sites is 1. The minimum absolute atomic E-state index is 0.0237. The SMILES string of the molecule is CSc1ccccc1NC(=O)CN(C)S(=O)(=O)c1c(Cl)cc(Br)cc1Cl. The number of carbonyl (C=O) groups excluding carboxylic acids is 1. The zero-order valence-electron chi connectivity index (χ0n) is 13.8. The van der Waals surface area contributed by atoms with E-state index < -0.39 is 15.9 Å². The van der Waals surface area contributed by atoms with Crippen LogP contribution in [0.3, 0.4) is 0 Å². The molecule has 26 heavy (non-hydrogen) atoms. The molecule has 0 fully saturated rings. The van der Waals surface area contributed by atoms with Gasteiger partial charge in [-0.3, -0.25) is 4.79 Å².